The van der Waals surface area contributed by atoms with E-state index in [-0.39, 0.29) is 5.60 Å². The van der Waals surface area contributed by atoms with Gasteiger partial charge in [0, 0.05) is 52.2 Å². The number of nitrogens with zero attached hydrogens (tertiary/aromatic N) is 1. The molecule has 4 heteroatoms. The van der Waals surface area contributed by atoms with Crippen molar-refractivity contribution in [2.24, 2.45) is 11.8 Å². The van der Waals surface area contributed by atoms with E-state index in [2.05, 4.69) is 4.90 Å². The van der Waals surface area contributed by atoms with Crippen LogP contribution in [0.2, 0.25) is 0 Å². The van der Waals surface area contributed by atoms with Crippen LogP contribution in [-0.4, -0.2) is 62.7 Å². The molecule has 138 valence electrons. The summed E-state index contributed by atoms with van der Waals surface area (Å²) >= 11 is 0. The fourth-order valence-corrected chi connectivity index (χ4v) is 4.86. The van der Waals surface area contributed by atoms with Gasteiger partial charge in [0.1, 0.15) is 0 Å². The smallest absolute Gasteiger partial charge is 0.0709 e. The lowest BCUT2D eigenvalue weighted by Crippen LogP contribution is -2.52. The summed E-state index contributed by atoms with van der Waals surface area (Å²) in [6.07, 6.45) is 11.4. The fourth-order valence-electron chi connectivity index (χ4n) is 4.86. The van der Waals surface area contributed by atoms with Crippen LogP contribution in [0.4, 0.5) is 0 Å². The van der Waals surface area contributed by atoms with E-state index in [1.54, 1.807) is 0 Å². The molecule has 24 heavy (non-hydrogen) atoms. The monoisotopic (exact) mass is 337 g/mol. The minimum absolute atomic E-state index is 0.182. The molecule has 0 radical (unpaired) electrons. The molecule has 1 spiro atoms. The molecule has 1 unspecified atom stereocenters. The van der Waals surface area contributed by atoms with Crippen molar-refractivity contribution in [3.8, 4) is 0 Å². The Bertz CT molecular complexity index is 384. The van der Waals surface area contributed by atoms with Crippen molar-refractivity contribution >= 4 is 0 Å². The van der Waals surface area contributed by atoms with E-state index < -0.39 is 0 Å². The van der Waals surface area contributed by atoms with E-state index in [4.69, 9.17) is 14.2 Å². The second kappa shape index (κ2) is 8.03. The standard InChI is InChI=1S/C20H35NO3/c1-2-18(1)16-23-11-3-17-4-14-24-20(15-17)7-9-21(10-8-20)19-5-12-22-13-6-19/h17-19H,1-16H2. The Kier molecular flexibility index (Phi) is 5.77. The third kappa shape index (κ3) is 4.51. The van der Waals surface area contributed by atoms with E-state index >= 15 is 0 Å². The van der Waals surface area contributed by atoms with Crippen LogP contribution in [0, 0.1) is 11.8 Å². The van der Waals surface area contributed by atoms with Crippen LogP contribution in [0.5, 0.6) is 0 Å². The minimum Gasteiger partial charge on any atom is -0.381 e. The molecule has 4 nitrogen and oxygen atoms in total. The maximum atomic E-state index is 6.33. The van der Waals surface area contributed by atoms with Crippen molar-refractivity contribution in [3.63, 3.8) is 0 Å². The largest absolute Gasteiger partial charge is 0.381 e. The van der Waals surface area contributed by atoms with Crippen LogP contribution in [0.1, 0.15) is 57.8 Å². The van der Waals surface area contributed by atoms with E-state index in [9.17, 15) is 0 Å². The highest BCUT2D eigenvalue weighted by Gasteiger charge is 2.41. The van der Waals surface area contributed by atoms with Crippen LogP contribution < -0.4 is 0 Å². The molecule has 3 aliphatic heterocycles. The van der Waals surface area contributed by atoms with Gasteiger partial charge in [-0.05, 0) is 69.6 Å². The Labute approximate surface area is 147 Å². The molecule has 4 aliphatic rings. The van der Waals surface area contributed by atoms with Gasteiger partial charge < -0.3 is 14.2 Å². The van der Waals surface area contributed by atoms with Crippen molar-refractivity contribution in [2.75, 3.05) is 46.1 Å². The molecule has 0 aromatic heterocycles. The zero-order chi connectivity index (χ0) is 16.2. The Morgan fingerprint density at radius 2 is 1.71 bits per heavy atom. The minimum atomic E-state index is 0.182. The van der Waals surface area contributed by atoms with Gasteiger partial charge in [-0.2, -0.15) is 0 Å². The lowest BCUT2D eigenvalue weighted by Gasteiger charge is -2.48. The lowest BCUT2D eigenvalue weighted by atomic mass is 9.78. The van der Waals surface area contributed by atoms with E-state index in [1.165, 1.54) is 70.9 Å². The second-order valence-electron chi connectivity index (χ2n) is 8.58. The molecule has 0 amide bonds. The Hall–Kier alpha value is -0.160. The van der Waals surface area contributed by atoms with Gasteiger partial charge in [-0.1, -0.05) is 0 Å². The van der Waals surface area contributed by atoms with Crippen molar-refractivity contribution in [1.29, 1.82) is 0 Å². The summed E-state index contributed by atoms with van der Waals surface area (Å²) in [5.41, 5.74) is 0.182. The topological polar surface area (TPSA) is 30.9 Å². The van der Waals surface area contributed by atoms with Crippen molar-refractivity contribution in [2.45, 2.75) is 69.4 Å². The molecule has 0 aromatic rings. The highest BCUT2D eigenvalue weighted by molar-refractivity contribution is 4.93. The van der Waals surface area contributed by atoms with Crippen molar-refractivity contribution in [3.05, 3.63) is 0 Å². The average Bonchev–Trinajstić information content (AvgIpc) is 3.45. The number of rotatable bonds is 6. The van der Waals surface area contributed by atoms with Gasteiger partial charge in [0.15, 0.2) is 0 Å². The van der Waals surface area contributed by atoms with Gasteiger partial charge in [0.25, 0.3) is 0 Å². The van der Waals surface area contributed by atoms with Gasteiger partial charge in [-0.25, -0.2) is 0 Å². The normalized spacial score (nSPS) is 32.2. The maximum Gasteiger partial charge on any atom is 0.0709 e. The predicted octanol–water partition coefficient (Wildman–Crippen LogP) is 3.24. The van der Waals surface area contributed by atoms with E-state index in [0.717, 1.165) is 50.9 Å². The molecule has 0 N–H and O–H groups in total. The fraction of sp³-hybridized carbons (Fsp3) is 1.00. The number of piperidine rings is 1. The highest BCUT2D eigenvalue weighted by atomic mass is 16.5. The molecular weight excluding hydrogens is 302 g/mol. The molecule has 1 atom stereocenters. The van der Waals surface area contributed by atoms with Gasteiger partial charge in [-0.3, -0.25) is 4.90 Å². The summed E-state index contributed by atoms with van der Waals surface area (Å²) in [5.74, 6) is 1.70. The SMILES string of the molecule is C1CC(N2CCC3(CC2)CC(CCOCC2CC2)CCO3)CCO1. The number of likely N-dealkylation sites (tertiary alicyclic amines) is 1. The number of hydrogen-bond donors (Lipinski definition) is 0. The first-order chi connectivity index (χ1) is 11.8. The van der Waals surface area contributed by atoms with E-state index in [1.807, 2.05) is 0 Å². The van der Waals surface area contributed by atoms with Crippen LogP contribution in [0.15, 0.2) is 0 Å². The first-order valence-corrected chi connectivity index (χ1v) is 10.4. The highest BCUT2D eigenvalue weighted by Crippen LogP contribution is 2.39. The Morgan fingerprint density at radius 1 is 0.917 bits per heavy atom. The molecule has 1 aliphatic carbocycles. The third-order valence-corrected chi connectivity index (χ3v) is 6.73. The second-order valence-corrected chi connectivity index (χ2v) is 8.58. The summed E-state index contributed by atoms with van der Waals surface area (Å²) in [6.45, 7) is 7.27. The Balaban J connectivity index is 1.20. The maximum absolute atomic E-state index is 6.33. The molecule has 4 rings (SSSR count). The molecule has 1 saturated carbocycles. The first kappa shape index (κ1) is 17.3. The van der Waals surface area contributed by atoms with Crippen molar-refractivity contribution in [1.82, 2.24) is 4.90 Å². The summed E-state index contributed by atoms with van der Waals surface area (Å²) in [5, 5.41) is 0. The van der Waals surface area contributed by atoms with E-state index in [0.29, 0.717) is 0 Å². The van der Waals surface area contributed by atoms with Crippen molar-refractivity contribution < 1.29 is 14.2 Å². The van der Waals surface area contributed by atoms with Gasteiger partial charge in [0.05, 0.1) is 5.60 Å². The number of hydrogen-bond acceptors (Lipinski definition) is 4. The first-order valence-electron chi connectivity index (χ1n) is 10.4. The molecule has 0 aromatic carbocycles. The summed E-state index contributed by atoms with van der Waals surface area (Å²) in [4.78, 5) is 2.71. The Morgan fingerprint density at radius 3 is 2.46 bits per heavy atom. The molecule has 4 fully saturated rings. The lowest BCUT2D eigenvalue weighted by molar-refractivity contribution is -0.135. The van der Waals surface area contributed by atoms with Gasteiger partial charge >= 0.3 is 0 Å². The molecule has 3 heterocycles. The van der Waals surface area contributed by atoms with Crippen LogP contribution in [-0.2, 0) is 14.2 Å². The summed E-state index contributed by atoms with van der Waals surface area (Å²) in [7, 11) is 0. The molecule has 3 saturated heterocycles. The zero-order valence-electron chi connectivity index (χ0n) is 15.2. The van der Waals surface area contributed by atoms with Gasteiger partial charge in [-0.15, -0.1) is 0 Å². The summed E-state index contributed by atoms with van der Waals surface area (Å²) < 4.78 is 17.7. The van der Waals surface area contributed by atoms with Crippen LogP contribution in [0.3, 0.4) is 0 Å². The average molecular weight is 338 g/mol. The third-order valence-electron chi connectivity index (χ3n) is 6.73. The number of ether oxygens (including phenoxy) is 3. The summed E-state index contributed by atoms with van der Waals surface area (Å²) in [6, 6.07) is 0.756. The molecule has 0 bridgehead atoms. The van der Waals surface area contributed by atoms with Crippen LogP contribution >= 0.6 is 0 Å². The van der Waals surface area contributed by atoms with Gasteiger partial charge in [0.2, 0.25) is 0 Å². The zero-order valence-corrected chi connectivity index (χ0v) is 15.2. The molecular formula is C20H35NO3. The van der Waals surface area contributed by atoms with Crippen LogP contribution in [0.25, 0.3) is 0 Å². The quantitative estimate of drug-likeness (QED) is 0.696. The predicted molar refractivity (Wildman–Crippen MR) is 94.2 cm³/mol.